The van der Waals surface area contributed by atoms with Crippen molar-refractivity contribution in [3.05, 3.63) is 29.3 Å². The molecule has 0 bridgehead atoms. The topological polar surface area (TPSA) is 21.3 Å². The highest BCUT2D eigenvalue weighted by atomic mass is 19.1. The maximum absolute atomic E-state index is 13.8. The minimum Gasteiger partial charge on any atom is -0.380 e. The van der Waals surface area contributed by atoms with Crippen molar-refractivity contribution in [3.8, 4) is 0 Å². The van der Waals surface area contributed by atoms with Crippen molar-refractivity contribution in [2.75, 3.05) is 11.9 Å². The van der Waals surface area contributed by atoms with Gasteiger partial charge in [-0.1, -0.05) is 6.92 Å². The Bertz CT molecular complexity index is 464. The lowest BCUT2D eigenvalue weighted by atomic mass is 9.90. The molecule has 2 unspecified atom stereocenters. The molecule has 1 aromatic rings. The van der Waals surface area contributed by atoms with Crippen molar-refractivity contribution in [1.82, 2.24) is 0 Å². The van der Waals surface area contributed by atoms with Crippen LogP contribution in [0.15, 0.2) is 12.1 Å². The van der Waals surface area contributed by atoms with Crippen LogP contribution < -0.4 is 5.32 Å². The molecule has 2 rings (SSSR count). The van der Waals surface area contributed by atoms with Gasteiger partial charge < -0.3 is 10.1 Å². The van der Waals surface area contributed by atoms with Gasteiger partial charge in [-0.25, -0.2) is 8.78 Å². The van der Waals surface area contributed by atoms with Gasteiger partial charge in [0.25, 0.3) is 0 Å². The van der Waals surface area contributed by atoms with Crippen LogP contribution in [-0.2, 0) is 4.74 Å². The molecule has 106 valence electrons. The van der Waals surface area contributed by atoms with E-state index in [2.05, 4.69) is 19.2 Å². The predicted octanol–water partition coefficient (Wildman–Crippen LogP) is 4.03. The molecule has 1 aliphatic rings. The molecule has 0 aromatic heterocycles. The first kappa shape index (κ1) is 14.3. The van der Waals surface area contributed by atoms with Crippen LogP contribution in [-0.4, -0.2) is 18.2 Å². The van der Waals surface area contributed by atoms with E-state index in [1.165, 1.54) is 12.1 Å². The first-order chi connectivity index (χ1) is 8.93. The second-order valence-electron chi connectivity index (χ2n) is 5.57. The molecule has 0 spiro atoms. The van der Waals surface area contributed by atoms with Crippen LogP contribution in [0, 0.1) is 18.6 Å². The first-order valence-electron chi connectivity index (χ1n) is 6.79. The van der Waals surface area contributed by atoms with Crippen molar-refractivity contribution < 1.29 is 13.5 Å². The molecule has 4 heteroatoms. The van der Waals surface area contributed by atoms with Crippen molar-refractivity contribution in [1.29, 1.82) is 0 Å². The molecule has 2 atom stereocenters. The second kappa shape index (κ2) is 5.45. The van der Waals surface area contributed by atoms with E-state index in [1.54, 1.807) is 6.92 Å². The quantitative estimate of drug-likeness (QED) is 0.894. The van der Waals surface area contributed by atoms with Gasteiger partial charge in [0.05, 0.1) is 11.3 Å². The number of rotatable bonds is 3. The van der Waals surface area contributed by atoms with E-state index in [9.17, 15) is 8.78 Å². The van der Waals surface area contributed by atoms with Crippen molar-refractivity contribution in [2.24, 2.45) is 0 Å². The van der Waals surface area contributed by atoms with Crippen molar-refractivity contribution in [2.45, 2.75) is 51.7 Å². The molecule has 1 fully saturated rings. The Labute approximate surface area is 113 Å². The van der Waals surface area contributed by atoms with Crippen LogP contribution in [0.4, 0.5) is 14.5 Å². The molecule has 0 saturated carbocycles. The number of ether oxygens (including phenoxy) is 1. The number of hydrogen-bond acceptors (Lipinski definition) is 2. The Kier molecular flexibility index (Phi) is 4.09. The third-order valence-electron chi connectivity index (χ3n) is 3.95. The van der Waals surface area contributed by atoms with Gasteiger partial charge in [0, 0.05) is 18.7 Å². The maximum Gasteiger partial charge on any atom is 0.146 e. The fraction of sp³-hybridized carbons (Fsp3) is 0.600. The van der Waals surface area contributed by atoms with Crippen molar-refractivity contribution in [3.63, 3.8) is 0 Å². The zero-order valence-corrected chi connectivity index (χ0v) is 11.7. The minimum atomic E-state index is -0.399. The monoisotopic (exact) mass is 269 g/mol. The zero-order chi connectivity index (χ0) is 14.0. The fourth-order valence-corrected chi connectivity index (χ4v) is 2.48. The van der Waals surface area contributed by atoms with Crippen molar-refractivity contribution >= 4 is 5.69 Å². The van der Waals surface area contributed by atoms with Gasteiger partial charge in [0.1, 0.15) is 11.6 Å². The van der Waals surface area contributed by atoms with Gasteiger partial charge in [-0.15, -0.1) is 0 Å². The van der Waals surface area contributed by atoms with Gasteiger partial charge in [-0.2, -0.15) is 0 Å². The highest BCUT2D eigenvalue weighted by molar-refractivity contribution is 5.47. The number of nitrogens with one attached hydrogen (secondary N) is 1. The van der Waals surface area contributed by atoms with Gasteiger partial charge in [0.15, 0.2) is 0 Å². The van der Waals surface area contributed by atoms with Crippen LogP contribution in [0.5, 0.6) is 0 Å². The molecule has 1 saturated heterocycles. The molecule has 1 aromatic carbocycles. The summed E-state index contributed by atoms with van der Waals surface area (Å²) in [6.45, 7) is 6.35. The fourth-order valence-electron chi connectivity index (χ4n) is 2.48. The summed E-state index contributed by atoms with van der Waals surface area (Å²) in [4.78, 5) is 0. The molecule has 1 heterocycles. The molecule has 0 amide bonds. The van der Waals surface area contributed by atoms with Crippen LogP contribution in [0.1, 0.15) is 38.7 Å². The minimum absolute atomic E-state index is 0.121. The van der Waals surface area contributed by atoms with Crippen LogP contribution in [0.2, 0.25) is 0 Å². The van der Waals surface area contributed by atoms with Gasteiger partial charge in [0.2, 0.25) is 0 Å². The summed E-state index contributed by atoms with van der Waals surface area (Å²) < 4.78 is 33.0. The molecular formula is C15H21F2NO. The molecular weight excluding hydrogens is 248 g/mol. The van der Waals surface area contributed by atoms with Gasteiger partial charge in [-0.05, 0) is 44.7 Å². The second-order valence-corrected chi connectivity index (χ2v) is 5.57. The normalized spacial score (nSPS) is 27.3. The first-order valence-corrected chi connectivity index (χ1v) is 6.79. The Hall–Kier alpha value is -1.16. The summed E-state index contributed by atoms with van der Waals surface area (Å²) in [6.07, 6.45) is 2.53. The highest BCUT2D eigenvalue weighted by Crippen LogP contribution is 2.30. The van der Waals surface area contributed by atoms with E-state index >= 15 is 0 Å². The summed E-state index contributed by atoms with van der Waals surface area (Å²) in [6, 6.07) is 2.59. The van der Waals surface area contributed by atoms with E-state index < -0.39 is 5.82 Å². The van der Waals surface area contributed by atoms with E-state index in [4.69, 9.17) is 4.74 Å². The number of benzene rings is 1. The standard InChI is InChI=1S/C15H21F2NO/c1-4-15(3)9-11(5-6-19-15)18-14-8-12(16)10(2)7-13(14)17/h7-8,11,18H,4-6,9H2,1-3H3. The predicted molar refractivity (Wildman–Crippen MR) is 72.4 cm³/mol. The maximum atomic E-state index is 13.8. The lowest BCUT2D eigenvalue weighted by Gasteiger charge is -2.38. The van der Waals surface area contributed by atoms with E-state index in [-0.39, 0.29) is 23.1 Å². The van der Waals surface area contributed by atoms with E-state index in [1.807, 2.05) is 0 Å². The Morgan fingerprint density at radius 3 is 2.79 bits per heavy atom. The molecule has 2 nitrogen and oxygen atoms in total. The summed E-state index contributed by atoms with van der Waals surface area (Å²) in [5.74, 6) is -0.780. The smallest absolute Gasteiger partial charge is 0.146 e. The Morgan fingerprint density at radius 2 is 2.11 bits per heavy atom. The number of aryl methyl sites for hydroxylation is 1. The van der Waals surface area contributed by atoms with Crippen LogP contribution in [0.25, 0.3) is 0 Å². The third-order valence-corrected chi connectivity index (χ3v) is 3.95. The zero-order valence-electron chi connectivity index (χ0n) is 11.7. The average molecular weight is 269 g/mol. The lowest BCUT2D eigenvalue weighted by molar-refractivity contribution is -0.0709. The van der Waals surface area contributed by atoms with Gasteiger partial charge >= 0.3 is 0 Å². The average Bonchev–Trinajstić information content (AvgIpc) is 2.36. The van der Waals surface area contributed by atoms with Crippen LogP contribution >= 0.6 is 0 Å². The van der Waals surface area contributed by atoms with Gasteiger partial charge in [-0.3, -0.25) is 0 Å². The Morgan fingerprint density at radius 1 is 1.37 bits per heavy atom. The molecule has 1 aliphatic heterocycles. The van der Waals surface area contributed by atoms with E-state index in [0.717, 1.165) is 19.3 Å². The Balaban J connectivity index is 2.11. The highest BCUT2D eigenvalue weighted by Gasteiger charge is 2.31. The molecule has 1 N–H and O–H groups in total. The number of hydrogen-bond donors (Lipinski definition) is 1. The molecule has 0 radical (unpaired) electrons. The third kappa shape index (κ3) is 3.24. The van der Waals surface area contributed by atoms with Crippen LogP contribution in [0.3, 0.4) is 0 Å². The number of halogens is 2. The van der Waals surface area contributed by atoms with E-state index in [0.29, 0.717) is 12.2 Å². The summed E-state index contributed by atoms with van der Waals surface area (Å²) in [5.41, 5.74) is 0.400. The summed E-state index contributed by atoms with van der Waals surface area (Å²) in [7, 11) is 0. The molecule has 19 heavy (non-hydrogen) atoms. The SMILES string of the molecule is CCC1(C)CC(Nc2cc(F)c(C)cc2F)CCO1. The molecule has 0 aliphatic carbocycles. The lowest BCUT2D eigenvalue weighted by Crippen LogP contribution is -2.42. The number of anilines is 1. The largest absolute Gasteiger partial charge is 0.380 e. The summed E-state index contributed by atoms with van der Waals surface area (Å²) in [5, 5.41) is 3.11. The summed E-state index contributed by atoms with van der Waals surface area (Å²) >= 11 is 0.